The van der Waals surface area contributed by atoms with Crippen molar-refractivity contribution < 1.29 is 13.9 Å². The molecule has 0 bridgehead atoms. The van der Waals surface area contributed by atoms with E-state index in [1.54, 1.807) is 11.9 Å². The molecule has 1 heterocycles. The van der Waals surface area contributed by atoms with E-state index in [2.05, 4.69) is 0 Å². The molecular formula is C14H18FNO2. The van der Waals surface area contributed by atoms with Crippen molar-refractivity contribution in [3.63, 3.8) is 0 Å². The second-order valence-electron chi connectivity index (χ2n) is 4.68. The SMILES string of the molecule is CN(CC1CCCCO1)C(=O)c1ccc(F)cc1. The molecule has 1 saturated heterocycles. The van der Waals surface area contributed by atoms with Crippen LogP contribution in [0.1, 0.15) is 29.6 Å². The highest BCUT2D eigenvalue weighted by atomic mass is 19.1. The van der Waals surface area contributed by atoms with Crippen LogP contribution in [0, 0.1) is 5.82 Å². The average molecular weight is 251 g/mol. The number of hydrogen-bond donors (Lipinski definition) is 0. The zero-order valence-electron chi connectivity index (χ0n) is 10.6. The fraction of sp³-hybridized carbons (Fsp3) is 0.500. The molecule has 1 aromatic carbocycles. The third-order valence-corrected chi connectivity index (χ3v) is 3.19. The molecule has 1 fully saturated rings. The molecular weight excluding hydrogens is 233 g/mol. The van der Waals surface area contributed by atoms with E-state index >= 15 is 0 Å². The van der Waals surface area contributed by atoms with E-state index < -0.39 is 0 Å². The summed E-state index contributed by atoms with van der Waals surface area (Å²) >= 11 is 0. The van der Waals surface area contributed by atoms with E-state index in [-0.39, 0.29) is 17.8 Å². The normalized spacial score (nSPS) is 19.6. The van der Waals surface area contributed by atoms with Gasteiger partial charge >= 0.3 is 0 Å². The van der Waals surface area contributed by atoms with Crippen LogP contribution in [0.25, 0.3) is 0 Å². The van der Waals surface area contributed by atoms with Crippen molar-refractivity contribution in [1.82, 2.24) is 4.90 Å². The molecule has 3 nitrogen and oxygen atoms in total. The zero-order chi connectivity index (χ0) is 13.0. The first-order valence-electron chi connectivity index (χ1n) is 6.29. The number of rotatable bonds is 3. The summed E-state index contributed by atoms with van der Waals surface area (Å²) in [7, 11) is 1.75. The van der Waals surface area contributed by atoms with Gasteiger partial charge in [-0.15, -0.1) is 0 Å². The van der Waals surface area contributed by atoms with Crippen molar-refractivity contribution in [3.05, 3.63) is 35.6 Å². The zero-order valence-corrected chi connectivity index (χ0v) is 10.6. The molecule has 0 saturated carbocycles. The van der Waals surface area contributed by atoms with Crippen LogP contribution in [0.3, 0.4) is 0 Å². The molecule has 1 atom stereocenters. The van der Waals surface area contributed by atoms with Crippen LogP contribution in [-0.2, 0) is 4.74 Å². The van der Waals surface area contributed by atoms with Gasteiger partial charge in [0.1, 0.15) is 5.82 Å². The van der Waals surface area contributed by atoms with Gasteiger partial charge in [0.05, 0.1) is 6.10 Å². The highest BCUT2D eigenvalue weighted by molar-refractivity contribution is 5.94. The van der Waals surface area contributed by atoms with Gasteiger partial charge in [-0.05, 0) is 43.5 Å². The number of halogens is 1. The van der Waals surface area contributed by atoms with Crippen LogP contribution in [0.5, 0.6) is 0 Å². The van der Waals surface area contributed by atoms with E-state index in [1.807, 2.05) is 0 Å². The highest BCUT2D eigenvalue weighted by Crippen LogP contribution is 2.14. The van der Waals surface area contributed by atoms with Crippen LogP contribution in [0.15, 0.2) is 24.3 Å². The topological polar surface area (TPSA) is 29.5 Å². The van der Waals surface area contributed by atoms with Crippen molar-refractivity contribution in [3.8, 4) is 0 Å². The summed E-state index contributed by atoms with van der Waals surface area (Å²) in [4.78, 5) is 13.7. The van der Waals surface area contributed by atoms with Crippen LogP contribution in [-0.4, -0.2) is 37.1 Å². The maximum absolute atomic E-state index is 12.8. The second kappa shape index (κ2) is 5.96. The number of amides is 1. The number of ether oxygens (including phenoxy) is 1. The first-order chi connectivity index (χ1) is 8.66. The number of carbonyl (C=O) groups is 1. The molecule has 1 unspecified atom stereocenters. The third-order valence-electron chi connectivity index (χ3n) is 3.19. The minimum Gasteiger partial charge on any atom is -0.376 e. The van der Waals surface area contributed by atoms with Crippen molar-refractivity contribution in [1.29, 1.82) is 0 Å². The molecule has 98 valence electrons. The first kappa shape index (κ1) is 13.0. The molecule has 0 aliphatic carbocycles. The molecule has 1 aliphatic rings. The maximum Gasteiger partial charge on any atom is 0.253 e. The van der Waals surface area contributed by atoms with Gasteiger partial charge in [0.25, 0.3) is 5.91 Å². The van der Waals surface area contributed by atoms with Crippen LogP contribution < -0.4 is 0 Å². The minimum atomic E-state index is -0.329. The Morgan fingerprint density at radius 2 is 2.11 bits per heavy atom. The van der Waals surface area contributed by atoms with E-state index in [1.165, 1.54) is 24.3 Å². The lowest BCUT2D eigenvalue weighted by molar-refractivity contribution is -0.000188. The van der Waals surface area contributed by atoms with Gasteiger partial charge in [0, 0.05) is 25.8 Å². The Bertz CT molecular complexity index is 399. The number of carbonyl (C=O) groups excluding carboxylic acids is 1. The molecule has 18 heavy (non-hydrogen) atoms. The Labute approximate surface area is 107 Å². The van der Waals surface area contributed by atoms with E-state index in [0.717, 1.165) is 25.9 Å². The molecule has 1 aromatic rings. The molecule has 0 aromatic heterocycles. The smallest absolute Gasteiger partial charge is 0.253 e. The number of likely N-dealkylation sites (N-methyl/N-ethyl adjacent to an activating group) is 1. The lowest BCUT2D eigenvalue weighted by Crippen LogP contribution is -2.37. The molecule has 2 rings (SSSR count). The predicted octanol–water partition coefficient (Wildman–Crippen LogP) is 2.47. The number of hydrogen-bond acceptors (Lipinski definition) is 2. The Balaban J connectivity index is 1.93. The second-order valence-corrected chi connectivity index (χ2v) is 4.68. The fourth-order valence-corrected chi connectivity index (χ4v) is 2.15. The largest absolute Gasteiger partial charge is 0.376 e. The van der Waals surface area contributed by atoms with Gasteiger partial charge in [0.15, 0.2) is 0 Å². The summed E-state index contributed by atoms with van der Waals surface area (Å²) in [5, 5.41) is 0. The summed E-state index contributed by atoms with van der Waals surface area (Å²) in [6.07, 6.45) is 3.39. The average Bonchev–Trinajstić information content (AvgIpc) is 2.40. The van der Waals surface area contributed by atoms with Gasteiger partial charge in [0.2, 0.25) is 0 Å². The lowest BCUT2D eigenvalue weighted by Gasteiger charge is -2.27. The first-order valence-corrected chi connectivity index (χ1v) is 6.29. The van der Waals surface area contributed by atoms with Crippen molar-refractivity contribution in [2.75, 3.05) is 20.2 Å². The van der Waals surface area contributed by atoms with E-state index in [4.69, 9.17) is 4.74 Å². The van der Waals surface area contributed by atoms with E-state index in [9.17, 15) is 9.18 Å². The predicted molar refractivity (Wildman–Crippen MR) is 67.0 cm³/mol. The van der Waals surface area contributed by atoms with Crippen LogP contribution in [0.2, 0.25) is 0 Å². The summed E-state index contributed by atoms with van der Waals surface area (Å²) in [6.45, 7) is 1.37. The Morgan fingerprint density at radius 3 is 2.72 bits per heavy atom. The number of benzene rings is 1. The van der Waals surface area contributed by atoms with Crippen molar-refractivity contribution >= 4 is 5.91 Å². The van der Waals surface area contributed by atoms with Crippen molar-refractivity contribution in [2.24, 2.45) is 0 Å². The minimum absolute atomic E-state index is 0.0934. The molecule has 1 aliphatic heterocycles. The van der Waals surface area contributed by atoms with Gasteiger partial charge in [-0.1, -0.05) is 0 Å². The third kappa shape index (κ3) is 3.29. The molecule has 0 radical (unpaired) electrons. The monoisotopic (exact) mass is 251 g/mol. The highest BCUT2D eigenvalue weighted by Gasteiger charge is 2.19. The van der Waals surface area contributed by atoms with Gasteiger partial charge < -0.3 is 9.64 Å². The standard InChI is InChI=1S/C14H18FNO2/c1-16(10-13-4-2-3-9-18-13)14(17)11-5-7-12(15)8-6-11/h5-8,13H,2-4,9-10H2,1H3. The quantitative estimate of drug-likeness (QED) is 0.826. The summed E-state index contributed by atoms with van der Waals surface area (Å²) in [6, 6.07) is 5.63. The van der Waals surface area contributed by atoms with Gasteiger partial charge in [-0.3, -0.25) is 4.79 Å². The lowest BCUT2D eigenvalue weighted by atomic mass is 10.1. The molecule has 1 amide bonds. The van der Waals surface area contributed by atoms with Gasteiger partial charge in [-0.25, -0.2) is 4.39 Å². The van der Waals surface area contributed by atoms with Crippen molar-refractivity contribution in [2.45, 2.75) is 25.4 Å². The molecule has 0 N–H and O–H groups in total. The fourth-order valence-electron chi connectivity index (χ4n) is 2.15. The van der Waals surface area contributed by atoms with Crippen LogP contribution in [0.4, 0.5) is 4.39 Å². The van der Waals surface area contributed by atoms with Crippen LogP contribution >= 0.6 is 0 Å². The Kier molecular flexibility index (Phi) is 4.31. The summed E-state index contributed by atoms with van der Waals surface area (Å²) in [5.74, 6) is -0.422. The Morgan fingerprint density at radius 1 is 1.39 bits per heavy atom. The molecule has 0 spiro atoms. The number of nitrogens with zero attached hydrogens (tertiary/aromatic N) is 1. The maximum atomic E-state index is 12.8. The molecule has 4 heteroatoms. The van der Waals surface area contributed by atoms with E-state index in [0.29, 0.717) is 12.1 Å². The van der Waals surface area contributed by atoms with Gasteiger partial charge in [-0.2, -0.15) is 0 Å². The Hall–Kier alpha value is -1.42. The summed E-state index contributed by atoms with van der Waals surface area (Å²) in [5.41, 5.74) is 0.509. The summed E-state index contributed by atoms with van der Waals surface area (Å²) < 4.78 is 18.4.